The summed E-state index contributed by atoms with van der Waals surface area (Å²) < 4.78 is 14.1. The number of nitrogens with zero attached hydrogens (tertiary/aromatic N) is 5. The van der Waals surface area contributed by atoms with Gasteiger partial charge in [0.25, 0.3) is 5.56 Å². The lowest BCUT2D eigenvalue weighted by atomic mass is 10.2. The van der Waals surface area contributed by atoms with Crippen LogP contribution in [0.15, 0.2) is 20.4 Å². The Bertz CT molecular complexity index is 1080. The number of aryl methyl sites for hydroxylation is 4. The van der Waals surface area contributed by atoms with Gasteiger partial charge in [0.15, 0.2) is 11.2 Å². The summed E-state index contributed by atoms with van der Waals surface area (Å²) in [5.41, 5.74) is 1.07. The fourth-order valence-corrected chi connectivity index (χ4v) is 2.71. The third-order valence-electron chi connectivity index (χ3n) is 4.33. The van der Waals surface area contributed by atoms with Gasteiger partial charge in [-0.15, -0.1) is 0 Å². The molecule has 26 heavy (non-hydrogen) atoms. The molecule has 0 spiro atoms. The van der Waals surface area contributed by atoms with Gasteiger partial charge in [0.1, 0.15) is 12.4 Å². The minimum Gasteiger partial charge on any atom is -0.461 e. The van der Waals surface area contributed by atoms with E-state index in [9.17, 15) is 14.4 Å². The van der Waals surface area contributed by atoms with E-state index < -0.39 is 17.2 Å². The normalized spacial score (nSPS) is 11.2. The molecule has 0 aliphatic carbocycles. The summed E-state index contributed by atoms with van der Waals surface area (Å²) >= 11 is 0. The minimum absolute atomic E-state index is 0.0564. The van der Waals surface area contributed by atoms with E-state index in [2.05, 4.69) is 10.1 Å². The van der Waals surface area contributed by atoms with Crippen molar-refractivity contribution in [1.82, 2.24) is 23.8 Å². The van der Waals surface area contributed by atoms with Crippen molar-refractivity contribution in [3.8, 4) is 0 Å². The van der Waals surface area contributed by atoms with Crippen LogP contribution >= 0.6 is 0 Å². The highest BCUT2D eigenvalue weighted by atomic mass is 16.5. The van der Waals surface area contributed by atoms with Crippen molar-refractivity contribution in [1.29, 1.82) is 0 Å². The Morgan fingerprint density at radius 3 is 2.62 bits per heavy atom. The molecule has 3 aromatic rings. The average molecular weight is 361 g/mol. The number of esters is 1. The van der Waals surface area contributed by atoms with E-state index in [0.717, 1.165) is 10.1 Å². The Morgan fingerprint density at radius 2 is 1.96 bits per heavy atom. The van der Waals surface area contributed by atoms with Gasteiger partial charge in [-0.2, -0.15) is 0 Å². The number of carbonyl (C=O) groups is 1. The molecule has 3 rings (SSSR count). The van der Waals surface area contributed by atoms with Gasteiger partial charge in [-0.05, 0) is 13.8 Å². The second-order valence-corrected chi connectivity index (χ2v) is 6.03. The molecule has 0 unspecified atom stereocenters. The van der Waals surface area contributed by atoms with Gasteiger partial charge < -0.3 is 13.8 Å². The van der Waals surface area contributed by atoms with Gasteiger partial charge in [0, 0.05) is 20.6 Å². The molecule has 138 valence electrons. The van der Waals surface area contributed by atoms with Crippen molar-refractivity contribution < 1.29 is 14.1 Å². The van der Waals surface area contributed by atoms with E-state index in [1.807, 2.05) is 0 Å². The molecule has 3 heterocycles. The van der Waals surface area contributed by atoms with Crippen LogP contribution in [0, 0.1) is 13.8 Å². The second kappa shape index (κ2) is 6.62. The predicted octanol–water partition coefficient (Wildman–Crippen LogP) is 0.172. The van der Waals surface area contributed by atoms with Crippen LogP contribution in [0.1, 0.15) is 23.4 Å². The van der Waals surface area contributed by atoms with Crippen LogP contribution in [0.5, 0.6) is 0 Å². The molecule has 0 amide bonds. The van der Waals surface area contributed by atoms with Gasteiger partial charge in [-0.1, -0.05) is 5.16 Å². The van der Waals surface area contributed by atoms with Crippen LogP contribution in [0.2, 0.25) is 0 Å². The van der Waals surface area contributed by atoms with Crippen molar-refractivity contribution in [2.75, 3.05) is 0 Å². The maximum Gasteiger partial charge on any atom is 0.332 e. The Labute approximate surface area is 147 Å². The summed E-state index contributed by atoms with van der Waals surface area (Å²) in [6, 6.07) is 0. The zero-order valence-corrected chi connectivity index (χ0v) is 15.0. The summed E-state index contributed by atoms with van der Waals surface area (Å²) in [5, 5.41) is 3.80. The van der Waals surface area contributed by atoms with Gasteiger partial charge in [-0.25, -0.2) is 9.78 Å². The third-order valence-corrected chi connectivity index (χ3v) is 4.33. The summed E-state index contributed by atoms with van der Waals surface area (Å²) in [6.07, 6.45) is 1.49. The minimum atomic E-state index is -0.454. The van der Waals surface area contributed by atoms with Crippen molar-refractivity contribution in [3.63, 3.8) is 0 Å². The topological polar surface area (TPSA) is 114 Å². The number of rotatable bonds is 5. The third kappa shape index (κ3) is 2.93. The molecule has 0 aliphatic heterocycles. The van der Waals surface area contributed by atoms with E-state index in [1.54, 1.807) is 25.5 Å². The lowest BCUT2D eigenvalue weighted by molar-refractivity contribution is -0.145. The van der Waals surface area contributed by atoms with Crippen LogP contribution in [0.3, 0.4) is 0 Å². The molecule has 0 fully saturated rings. The van der Waals surface area contributed by atoms with E-state index in [4.69, 9.17) is 9.26 Å². The molecule has 0 bridgehead atoms. The highest BCUT2D eigenvalue weighted by molar-refractivity contribution is 5.71. The smallest absolute Gasteiger partial charge is 0.332 e. The lowest BCUT2D eigenvalue weighted by Crippen LogP contribution is -2.37. The number of hydrogen-bond donors (Lipinski definition) is 0. The van der Waals surface area contributed by atoms with Crippen molar-refractivity contribution in [2.45, 2.75) is 33.4 Å². The number of fused-ring (bicyclic) bond motifs is 1. The quantitative estimate of drug-likeness (QED) is 0.595. The van der Waals surface area contributed by atoms with E-state index in [-0.39, 0.29) is 30.7 Å². The first kappa shape index (κ1) is 17.6. The Balaban J connectivity index is 1.73. The van der Waals surface area contributed by atoms with Gasteiger partial charge in [-0.3, -0.25) is 18.7 Å². The lowest BCUT2D eigenvalue weighted by Gasteiger charge is -2.07. The number of imidazole rings is 1. The Kier molecular flexibility index (Phi) is 4.49. The molecule has 0 aromatic carbocycles. The summed E-state index contributed by atoms with van der Waals surface area (Å²) in [7, 11) is 2.94. The van der Waals surface area contributed by atoms with Crippen LogP contribution in [-0.2, 0) is 36.8 Å². The summed E-state index contributed by atoms with van der Waals surface area (Å²) in [5.74, 6) is 0.189. The fourth-order valence-electron chi connectivity index (χ4n) is 2.71. The molecular weight excluding hydrogens is 342 g/mol. The maximum atomic E-state index is 12.3. The molecule has 0 radical (unpaired) electrons. The van der Waals surface area contributed by atoms with Gasteiger partial charge in [0.05, 0.1) is 24.0 Å². The molecule has 0 saturated carbocycles. The predicted molar refractivity (Wildman–Crippen MR) is 90.6 cm³/mol. The van der Waals surface area contributed by atoms with Gasteiger partial charge >= 0.3 is 11.7 Å². The number of hydrogen-bond acceptors (Lipinski definition) is 7. The first-order chi connectivity index (χ1) is 12.3. The van der Waals surface area contributed by atoms with Crippen LogP contribution in [0.25, 0.3) is 11.2 Å². The number of ether oxygens (including phenoxy) is 1. The van der Waals surface area contributed by atoms with Crippen molar-refractivity contribution in [2.24, 2.45) is 14.1 Å². The molecular formula is C16H19N5O5. The molecule has 0 aliphatic rings. The molecule has 0 atom stereocenters. The highest BCUT2D eigenvalue weighted by Crippen LogP contribution is 2.14. The zero-order chi connectivity index (χ0) is 19.0. The molecule has 10 heteroatoms. The summed E-state index contributed by atoms with van der Waals surface area (Å²) in [6.45, 7) is 3.82. The number of aromatic nitrogens is 5. The standard InChI is InChI=1S/C16H19N5O5/c1-9-11(10(2)26-18-9)7-25-12(22)5-6-21-8-17-14-13(21)15(23)20(4)16(24)19(14)3/h8H,5-7H2,1-4H3. The van der Waals surface area contributed by atoms with Crippen LogP contribution in [-0.4, -0.2) is 29.8 Å². The van der Waals surface area contributed by atoms with Crippen molar-refractivity contribution in [3.05, 3.63) is 44.2 Å². The Morgan fingerprint density at radius 1 is 1.23 bits per heavy atom. The van der Waals surface area contributed by atoms with E-state index >= 15 is 0 Å². The second-order valence-electron chi connectivity index (χ2n) is 6.03. The molecule has 10 nitrogen and oxygen atoms in total. The summed E-state index contributed by atoms with van der Waals surface area (Å²) in [4.78, 5) is 40.4. The van der Waals surface area contributed by atoms with E-state index in [0.29, 0.717) is 11.5 Å². The highest BCUT2D eigenvalue weighted by Gasteiger charge is 2.16. The molecule has 0 N–H and O–H groups in total. The first-order valence-electron chi connectivity index (χ1n) is 7.99. The van der Waals surface area contributed by atoms with E-state index in [1.165, 1.54) is 17.9 Å². The first-order valence-corrected chi connectivity index (χ1v) is 7.99. The van der Waals surface area contributed by atoms with Gasteiger partial charge in [0.2, 0.25) is 0 Å². The average Bonchev–Trinajstić information content (AvgIpc) is 3.18. The molecule has 0 saturated heterocycles. The van der Waals surface area contributed by atoms with Crippen LogP contribution in [0.4, 0.5) is 0 Å². The molecule has 3 aromatic heterocycles. The maximum absolute atomic E-state index is 12.3. The largest absolute Gasteiger partial charge is 0.461 e. The Hall–Kier alpha value is -3.17. The zero-order valence-electron chi connectivity index (χ0n) is 15.0. The fraction of sp³-hybridized carbons (Fsp3) is 0.438. The van der Waals surface area contributed by atoms with Crippen molar-refractivity contribution >= 4 is 17.1 Å². The van der Waals surface area contributed by atoms with Crippen LogP contribution < -0.4 is 11.2 Å². The number of carbonyl (C=O) groups excluding carboxylic acids is 1. The SMILES string of the molecule is Cc1noc(C)c1COC(=O)CCn1cnc2c1c(=O)n(C)c(=O)n2C. The monoisotopic (exact) mass is 361 g/mol.